The van der Waals surface area contributed by atoms with Crippen molar-refractivity contribution in [3.63, 3.8) is 0 Å². The van der Waals surface area contributed by atoms with Gasteiger partial charge in [0.2, 0.25) is 0 Å². The van der Waals surface area contributed by atoms with E-state index in [1.54, 1.807) is 16.7 Å². The lowest BCUT2D eigenvalue weighted by Crippen LogP contribution is -2.87. The molecule has 2 N–H and O–H groups in total. The number of carbonyl (C=O) groups excluding carboxylic acids is 1. The van der Waals surface area contributed by atoms with E-state index in [1.807, 2.05) is 30.0 Å². The minimum Gasteiger partial charge on any atom is -0.337 e. The third-order valence-electron chi connectivity index (χ3n) is 5.53. The number of thiazole rings is 1. The molecule has 0 spiro atoms. The summed E-state index contributed by atoms with van der Waals surface area (Å²) in [6.45, 7) is 3.48. The predicted octanol–water partition coefficient (Wildman–Crippen LogP) is 3.61. The molecule has 2 heterocycles. The van der Waals surface area contributed by atoms with Crippen LogP contribution in [0.15, 0.2) is 42.5 Å². The number of hydrogen-bond donors (Lipinski definition) is 1. The fourth-order valence-corrected chi connectivity index (χ4v) is 4.97. The Morgan fingerprint density at radius 2 is 2.14 bits per heavy atom. The largest absolute Gasteiger partial charge is 0.337 e. The molecule has 0 saturated carbocycles. The van der Waals surface area contributed by atoms with Gasteiger partial charge in [0.05, 0.1) is 15.2 Å². The minimum absolute atomic E-state index is 0.0465. The molecule has 29 heavy (non-hydrogen) atoms. The van der Waals surface area contributed by atoms with E-state index in [0.717, 1.165) is 36.0 Å². The van der Waals surface area contributed by atoms with Gasteiger partial charge in [0, 0.05) is 30.6 Å². The molecule has 4 rings (SSSR count). The van der Waals surface area contributed by atoms with Gasteiger partial charge in [-0.1, -0.05) is 12.1 Å². The van der Waals surface area contributed by atoms with Crippen molar-refractivity contribution < 1.29 is 18.9 Å². The number of piperidine rings is 1. The number of fused-ring (bicyclic) bond motifs is 1. The van der Waals surface area contributed by atoms with E-state index in [1.165, 1.54) is 16.8 Å². The molecule has 4 nitrogen and oxygen atoms in total. The Bertz CT molecular complexity index is 989. The van der Waals surface area contributed by atoms with Gasteiger partial charge < -0.3 is 10.2 Å². The average Bonchev–Trinajstić information content (AvgIpc) is 3.16. The molecule has 1 aromatic heterocycles. The van der Waals surface area contributed by atoms with Crippen LogP contribution in [0.4, 0.5) is 8.78 Å². The van der Waals surface area contributed by atoms with Crippen molar-refractivity contribution in [3.8, 4) is 0 Å². The molecule has 1 aliphatic rings. The number of likely N-dealkylation sites (tertiary alicyclic amines) is 1. The van der Waals surface area contributed by atoms with Crippen molar-refractivity contribution in [1.82, 2.24) is 9.88 Å². The Morgan fingerprint density at radius 1 is 1.31 bits per heavy atom. The first-order chi connectivity index (χ1) is 14.0. The fraction of sp³-hybridized carbons (Fsp3) is 0.364. The monoisotopic (exact) mass is 416 g/mol. The van der Waals surface area contributed by atoms with Crippen molar-refractivity contribution in [2.75, 3.05) is 19.6 Å². The second kappa shape index (κ2) is 8.55. The lowest BCUT2D eigenvalue weighted by molar-refractivity contribution is -0.683. The quantitative estimate of drug-likeness (QED) is 0.691. The van der Waals surface area contributed by atoms with E-state index >= 15 is 0 Å². The first-order valence-electron chi connectivity index (χ1n) is 9.93. The molecule has 0 bridgehead atoms. The summed E-state index contributed by atoms with van der Waals surface area (Å²) >= 11 is 1.71. The number of quaternary nitrogens is 1. The number of benzene rings is 2. The number of para-hydroxylation sites is 1. The molecule has 0 radical (unpaired) electrons. The molecule has 1 fully saturated rings. The van der Waals surface area contributed by atoms with Crippen molar-refractivity contribution in [1.29, 1.82) is 0 Å². The van der Waals surface area contributed by atoms with Gasteiger partial charge in [0.1, 0.15) is 17.7 Å². The summed E-state index contributed by atoms with van der Waals surface area (Å²) in [5, 5.41) is 2.90. The smallest absolute Gasteiger partial charge is 0.277 e. The Balaban J connectivity index is 1.37. The molecule has 0 unspecified atom stereocenters. The van der Waals surface area contributed by atoms with Gasteiger partial charge in [-0.15, -0.1) is 11.3 Å². The standard InChI is InChI=1S/C22H23F2N3OS/c1-14(17-9-8-16(23)11-18(17)24)25-12-21(28)27-10-4-5-15(13-27)22-26-19-6-2-3-7-20(19)29-22/h2-3,6-9,11,14-15,25H,4-5,10,12-13H2,1H3/p+1/t14-,15+/m1/s1. The van der Waals surface area contributed by atoms with E-state index in [2.05, 4.69) is 6.07 Å². The SMILES string of the molecule is C[C@@H]([NH2+]CC(=O)N1CCC[C@H](c2nc3ccccc3s2)C1)c1ccc(F)cc1F. The molecular formula is C22H24F2N3OS+. The number of aromatic nitrogens is 1. The maximum atomic E-state index is 13.9. The van der Waals surface area contributed by atoms with Gasteiger partial charge in [-0.2, -0.15) is 0 Å². The highest BCUT2D eigenvalue weighted by atomic mass is 32.1. The molecular weight excluding hydrogens is 392 g/mol. The van der Waals surface area contributed by atoms with E-state index in [4.69, 9.17) is 4.98 Å². The van der Waals surface area contributed by atoms with Crippen LogP contribution in [-0.2, 0) is 4.79 Å². The second-order valence-corrected chi connectivity index (χ2v) is 8.66. The van der Waals surface area contributed by atoms with E-state index < -0.39 is 11.6 Å². The molecule has 2 aromatic carbocycles. The number of nitrogens with zero attached hydrogens (tertiary/aromatic N) is 2. The van der Waals surface area contributed by atoms with Crippen LogP contribution in [0.25, 0.3) is 10.2 Å². The van der Waals surface area contributed by atoms with Gasteiger partial charge in [0.25, 0.3) is 5.91 Å². The van der Waals surface area contributed by atoms with Gasteiger partial charge in [-0.05, 0) is 44.0 Å². The zero-order chi connectivity index (χ0) is 20.4. The first kappa shape index (κ1) is 19.9. The van der Waals surface area contributed by atoms with E-state index in [9.17, 15) is 13.6 Å². The van der Waals surface area contributed by atoms with Crippen LogP contribution in [-0.4, -0.2) is 35.4 Å². The number of nitrogens with two attached hydrogens (primary N) is 1. The molecule has 2 atom stereocenters. The summed E-state index contributed by atoms with van der Waals surface area (Å²) < 4.78 is 28.2. The number of amides is 1. The van der Waals surface area contributed by atoms with Crippen LogP contribution >= 0.6 is 11.3 Å². The average molecular weight is 417 g/mol. The van der Waals surface area contributed by atoms with Crippen LogP contribution in [0.5, 0.6) is 0 Å². The topological polar surface area (TPSA) is 49.8 Å². The maximum absolute atomic E-state index is 13.9. The Hall–Kier alpha value is -2.38. The molecule has 152 valence electrons. The van der Waals surface area contributed by atoms with Gasteiger partial charge >= 0.3 is 0 Å². The maximum Gasteiger partial charge on any atom is 0.277 e. The highest BCUT2D eigenvalue weighted by Crippen LogP contribution is 2.32. The number of carbonyl (C=O) groups is 1. The lowest BCUT2D eigenvalue weighted by atomic mass is 9.98. The fourth-order valence-electron chi connectivity index (χ4n) is 3.87. The third-order valence-corrected chi connectivity index (χ3v) is 6.73. The predicted molar refractivity (Wildman–Crippen MR) is 110 cm³/mol. The zero-order valence-corrected chi connectivity index (χ0v) is 17.1. The van der Waals surface area contributed by atoms with Crippen LogP contribution in [0, 0.1) is 11.6 Å². The van der Waals surface area contributed by atoms with Crippen LogP contribution < -0.4 is 5.32 Å². The van der Waals surface area contributed by atoms with E-state index in [-0.39, 0.29) is 24.4 Å². The van der Waals surface area contributed by atoms with Crippen molar-refractivity contribution >= 4 is 27.5 Å². The highest BCUT2D eigenvalue weighted by molar-refractivity contribution is 7.18. The van der Waals surface area contributed by atoms with Crippen LogP contribution in [0.2, 0.25) is 0 Å². The molecule has 7 heteroatoms. The third kappa shape index (κ3) is 4.46. The summed E-state index contributed by atoms with van der Waals surface area (Å²) in [7, 11) is 0. The normalized spacial score (nSPS) is 18.2. The summed E-state index contributed by atoms with van der Waals surface area (Å²) in [4.78, 5) is 19.4. The number of halogens is 2. The second-order valence-electron chi connectivity index (χ2n) is 7.59. The highest BCUT2D eigenvalue weighted by Gasteiger charge is 2.28. The Labute approximate surface area is 172 Å². The lowest BCUT2D eigenvalue weighted by Gasteiger charge is -2.31. The number of hydrogen-bond acceptors (Lipinski definition) is 3. The van der Waals surface area contributed by atoms with Crippen molar-refractivity contribution in [3.05, 3.63) is 64.7 Å². The molecule has 1 saturated heterocycles. The molecule has 0 aliphatic carbocycles. The summed E-state index contributed by atoms with van der Waals surface area (Å²) in [5.41, 5.74) is 1.42. The van der Waals surface area contributed by atoms with Crippen molar-refractivity contribution in [2.45, 2.75) is 31.7 Å². The van der Waals surface area contributed by atoms with E-state index in [0.29, 0.717) is 12.1 Å². The summed E-state index contributed by atoms with van der Waals surface area (Å²) in [6.07, 6.45) is 1.99. The molecule has 1 aliphatic heterocycles. The zero-order valence-electron chi connectivity index (χ0n) is 16.3. The molecule has 1 amide bonds. The first-order valence-corrected chi connectivity index (χ1v) is 10.7. The summed E-state index contributed by atoms with van der Waals surface area (Å²) in [5.74, 6) is -0.860. The van der Waals surface area contributed by atoms with Crippen molar-refractivity contribution in [2.24, 2.45) is 0 Å². The van der Waals surface area contributed by atoms with Gasteiger partial charge in [-0.25, -0.2) is 13.8 Å². The Morgan fingerprint density at radius 3 is 2.93 bits per heavy atom. The Kier molecular flexibility index (Phi) is 5.87. The van der Waals surface area contributed by atoms with Crippen LogP contribution in [0.1, 0.15) is 42.3 Å². The number of rotatable bonds is 5. The van der Waals surface area contributed by atoms with Gasteiger partial charge in [-0.3, -0.25) is 4.79 Å². The van der Waals surface area contributed by atoms with Gasteiger partial charge in [0.15, 0.2) is 6.54 Å². The minimum atomic E-state index is -0.594. The molecule has 3 aromatic rings. The van der Waals surface area contributed by atoms with Crippen LogP contribution in [0.3, 0.4) is 0 Å². The summed E-state index contributed by atoms with van der Waals surface area (Å²) in [6, 6.07) is 11.4.